The van der Waals surface area contributed by atoms with Crippen molar-refractivity contribution in [1.82, 2.24) is 29.9 Å². The molecule has 0 saturated heterocycles. The van der Waals surface area contributed by atoms with Crippen molar-refractivity contribution < 1.29 is 9.53 Å². The van der Waals surface area contributed by atoms with Gasteiger partial charge < -0.3 is 15.4 Å². The average Bonchev–Trinajstić information content (AvgIpc) is 3.19. The number of anilines is 2. The summed E-state index contributed by atoms with van der Waals surface area (Å²) in [6.07, 6.45) is 6.88. The molecule has 0 spiro atoms. The molecule has 0 aliphatic rings. The number of urea groups is 1. The van der Waals surface area contributed by atoms with E-state index < -0.39 is 0 Å². The van der Waals surface area contributed by atoms with Crippen molar-refractivity contribution in [2.75, 3.05) is 30.8 Å². The van der Waals surface area contributed by atoms with Gasteiger partial charge in [-0.3, -0.25) is 5.32 Å². The maximum absolute atomic E-state index is 12.1. The molecule has 0 aliphatic carbocycles. The Morgan fingerprint density at radius 2 is 1.93 bits per heavy atom. The van der Waals surface area contributed by atoms with Crippen LogP contribution in [0, 0.1) is 0 Å². The van der Waals surface area contributed by atoms with Gasteiger partial charge >= 0.3 is 6.03 Å². The molecule has 0 unspecified atom stereocenters. The molecule has 10 nitrogen and oxygen atoms in total. The summed E-state index contributed by atoms with van der Waals surface area (Å²) in [6, 6.07) is 10.9. The Balaban J connectivity index is 1.34. The number of carbonyl (C=O) groups excluding carboxylic acids is 1. The van der Waals surface area contributed by atoms with E-state index in [1.165, 1.54) is 0 Å². The number of nitrogens with zero attached hydrogens (tertiary/aromatic N) is 5. The second-order valence-electron chi connectivity index (χ2n) is 6.28. The fourth-order valence-electron chi connectivity index (χ4n) is 2.81. The summed E-state index contributed by atoms with van der Waals surface area (Å²) in [7, 11) is 1.58. The maximum atomic E-state index is 12.1. The Labute approximate surface area is 172 Å². The first-order chi connectivity index (χ1) is 14.7. The highest BCUT2D eigenvalue weighted by Crippen LogP contribution is 2.23. The van der Waals surface area contributed by atoms with E-state index in [2.05, 4.69) is 36.0 Å². The lowest BCUT2D eigenvalue weighted by molar-refractivity contribution is 0.252. The van der Waals surface area contributed by atoms with Crippen LogP contribution in [-0.4, -0.2) is 50.8 Å². The van der Waals surface area contributed by atoms with Crippen molar-refractivity contribution in [3.8, 4) is 17.0 Å². The summed E-state index contributed by atoms with van der Waals surface area (Å²) >= 11 is 0. The number of carbonyl (C=O) groups is 1. The summed E-state index contributed by atoms with van der Waals surface area (Å²) in [4.78, 5) is 24.4. The Kier molecular flexibility index (Phi) is 5.65. The topological polar surface area (TPSA) is 118 Å². The molecule has 0 saturated carbocycles. The summed E-state index contributed by atoms with van der Waals surface area (Å²) in [5, 5.41) is 12.9. The minimum absolute atomic E-state index is 0.339. The first-order valence-corrected chi connectivity index (χ1v) is 9.27. The Morgan fingerprint density at radius 1 is 1.07 bits per heavy atom. The van der Waals surface area contributed by atoms with Crippen LogP contribution in [0.4, 0.5) is 16.6 Å². The fraction of sp³-hybridized carbons (Fsp3) is 0.150. The second-order valence-corrected chi connectivity index (χ2v) is 6.28. The first kappa shape index (κ1) is 19.1. The number of nitrogens with one attached hydrogen (secondary N) is 3. The Bertz CT molecular complexity index is 1130. The minimum atomic E-state index is -0.339. The number of hydrogen-bond acceptors (Lipinski definition) is 7. The minimum Gasteiger partial charge on any atom is -0.481 e. The van der Waals surface area contributed by atoms with E-state index in [1.807, 2.05) is 30.5 Å². The largest absolute Gasteiger partial charge is 0.481 e. The third-order valence-corrected chi connectivity index (χ3v) is 4.24. The summed E-state index contributed by atoms with van der Waals surface area (Å²) in [5.74, 6) is 1.54. The van der Waals surface area contributed by atoms with Gasteiger partial charge in [-0.2, -0.15) is 0 Å². The number of fused-ring (bicyclic) bond motifs is 1. The van der Waals surface area contributed by atoms with Crippen LogP contribution in [0.2, 0.25) is 0 Å². The van der Waals surface area contributed by atoms with Gasteiger partial charge in [0.05, 0.1) is 12.6 Å². The molecule has 0 fully saturated rings. The van der Waals surface area contributed by atoms with E-state index in [4.69, 9.17) is 4.74 Å². The Morgan fingerprint density at radius 3 is 2.70 bits per heavy atom. The van der Waals surface area contributed by atoms with Crippen LogP contribution in [0.5, 0.6) is 5.88 Å². The standard InChI is InChI=1S/C20H20N8O2/c1-30-18-4-3-15(13-25-18)14-5-10-28-16(11-14)12-17(27-28)26-20(29)24-9-8-23-19-21-6-2-7-22-19/h2-7,10-13H,8-9H2,1H3,(H,21,22,23)(H2,24,26,27,29). The molecule has 4 aromatic heterocycles. The van der Waals surface area contributed by atoms with Crippen LogP contribution in [0.25, 0.3) is 16.6 Å². The number of pyridine rings is 2. The number of rotatable bonds is 7. The second kappa shape index (κ2) is 8.86. The molecule has 10 heteroatoms. The molecule has 0 radical (unpaired) electrons. The van der Waals surface area contributed by atoms with Gasteiger partial charge in [-0.1, -0.05) is 0 Å². The molecular formula is C20H20N8O2. The number of methoxy groups -OCH3 is 1. The molecule has 3 N–H and O–H groups in total. The number of ether oxygens (including phenoxy) is 1. The van der Waals surface area contributed by atoms with Crippen LogP contribution < -0.4 is 20.7 Å². The molecular weight excluding hydrogens is 384 g/mol. The molecule has 0 atom stereocenters. The SMILES string of the molecule is COc1ccc(-c2ccn3nc(NC(=O)NCCNc4ncccn4)cc3c2)cn1. The van der Waals surface area contributed by atoms with Crippen molar-refractivity contribution in [1.29, 1.82) is 0 Å². The van der Waals surface area contributed by atoms with E-state index >= 15 is 0 Å². The van der Waals surface area contributed by atoms with Crippen molar-refractivity contribution >= 4 is 23.3 Å². The number of aromatic nitrogens is 5. The van der Waals surface area contributed by atoms with E-state index in [-0.39, 0.29) is 6.03 Å². The Hall–Kier alpha value is -4.21. The predicted octanol–water partition coefficient (Wildman–Crippen LogP) is 2.43. The first-order valence-electron chi connectivity index (χ1n) is 9.27. The van der Waals surface area contributed by atoms with Gasteiger partial charge in [-0.25, -0.2) is 24.3 Å². The quantitative estimate of drug-likeness (QED) is 0.405. The van der Waals surface area contributed by atoms with Crippen molar-refractivity contribution in [3.05, 3.63) is 61.2 Å². The molecule has 30 heavy (non-hydrogen) atoms. The van der Waals surface area contributed by atoms with Crippen LogP contribution in [0.1, 0.15) is 0 Å². The molecule has 0 bridgehead atoms. The summed E-state index contributed by atoms with van der Waals surface area (Å²) in [6.45, 7) is 0.911. The predicted molar refractivity (Wildman–Crippen MR) is 113 cm³/mol. The number of amides is 2. The lowest BCUT2D eigenvalue weighted by Crippen LogP contribution is -2.32. The summed E-state index contributed by atoms with van der Waals surface area (Å²) < 4.78 is 6.79. The smallest absolute Gasteiger partial charge is 0.320 e. The van der Waals surface area contributed by atoms with Gasteiger partial charge in [0.1, 0.15) is 0 Å². The zero-order chi connectivity index (χ0) is 20.8. The van der Waals surface area contributed by atoms with Crippen molar-refractivity contribution in [2.45, 2.75) is 0 Å². The van der Waals surface area contributed by atoms with E-state index in [0.717, 1.165) is 16.6 Å². The van der Waals surface area contributed by atoms with Gasteiger partial charge in [0, 0.05) is 55.6 Å². The van der Waals surface area contributed by atoms with E-state index in [1.54, 1.807) is 42.3 Å². The lowest BCUT2D eigenvalue weighted by Gasteiger charge is -2.06. The van der Waals surface area contributed by atoms with E-state index in [9.17, 15) is 4.79 Å². The van der Waals surface area contributed by atoms with Crippen molar-refractivity contribution in [2.24, 2.45) is 0 Å². The zero-order valence-electron chi connectivity index (χ0n) is 16.2. The van der Waals surface area contributed by atoms with Gasteiger partial charge in [0.2, 0.25) is 11.8 Å². The lowest BCUT2D eigenvalue weighted by atomic mass is 10.1. The highest BCUT2D eigenvalue weighted by molar-refractivity contribution is 5.89. The number of hydrogen-bond donors (Lipinski definition) is 3. The van der Waals surface area contributed by atoms with E-state index in [0.29, 0.717) is 30.7 Å². The van der Waals surface area contributed by atoms with Gasteiger partial charge in [-0.15, -0.1) is 5.10 Å². The van der Waals surface area contributed by atoms with Crippen molar-refractivity contribution in [3.63, 3.8) is 0 Å². The third kappa shape index (κ3) is 4.61. The average molecular weight is 404 g/mol. The summed E-state index contributed by atoms with van der Waals surface area (Å²) in [5.41, 5.74) is 2.80. The molecule has 2 amide bonds. The van der Waals surface area contributed by atoms with Gasteiger partial charge in [0.25, 0.3) is 0 Å². The van der Waals surface area contributed by atoms with Gasteiger partial charge in [0.15, 0.2) is 5.82 Å². The molecule has 152 valence electrons. The molecule has 4 heterocycles. The van der Waals surface area contributed by atoms with Crippen LogP contribution >= 0.6 is 0 Å². The van der Waals surface area contributed by atoms with Crippen LogP contribution in [-0.2, 0) is 0 Å². The highest BCUT2D eigenvalue weighted by Gasteiger charge is 2.08. The fourth-order valence-corrected chi connectivity index (χ4v) is 2.81. The van der Waals surface area contributed by atoms with Crippen LogP contribution in [0.15, 0.2) is 61.2 Å². The van der Waals surface area contributed by atoms with Crippen LogP contribution in [0.3, 0.4) is 0 Å². The maximum Gasteiger partial charge on any atom is 0.320 e. The molecule has 0 aliphatic heterocycles. The molecule has 0 aromatic carbocycles. The monoisotopic (exact) mass is 404 g/mol. The molecule has 4 rings (SSSR count). The van der Waals surface area contributed by atoms with Gasteiger partial charge in [-0.05, 0) is 29.8 Å². The third-order valence-electron chi connectivity index (χ3n) is 4.24. The zero-order valence-corrected chi connectivity index (χ0v) is 16.2. The highest BCUT2D eigenvalue weighted by atomic mass is 16.5. The normalized spacial score (nSPS) is 10.6. The molecule has 4 aromatic rings.